The van der Waals surface area contributed by atoms with Crippen LogP contribution in [0.2, 0.25) is 0 Å². The van der Waals surface area contributed by atoms with Gasteiger partial charge in [-0.2, -0.15) is 0 Å². The summed E-state index contributed by atoms with van der Waals surface area (Å²) in [6.07, 6.45) is 0. The SMILES string of the molecule is c1ccc2c(-c3ccc(N(c4ccc5cc6c(cc5c4)sc4ccccc46)c4cc(-c5cc6ccccc6c6ccccc56)cc5ccccc45)cc3)cccc2c1. The zero-order valence-corrected chi connectivity index (χ0v) is 32.4. The van der Waals surface area contributed by atoms with Crippen LogP contribution in [0.5, 0.6) is 0 Å². The van der Waals surface area contributed by atoms with Gasteiger partial charge >= 0.3 is 0 Å². The van der Waals surface area contributed by atoms with E-state index in [9.17, 15) is 0 Å². The van der Waals surface area contributed by atoms with Crippen LogP contribution in [-0.4, -0.2) is 0 Å². The molecule has 270 valence electrons. The number of benzene rings is 11. The van der Waals surface area contributed by atoms with Crippen molar-refractivity contribution in [3.05, 3.63) is 212 Å². The smallest absolute Gasteiger partial charge is 0.0546 e. The first-order chi connectivity index (χ1) is 28.7. The van der Waals surface area contributed by atoms with Crippen LogP contribution in [0, 0.1) is 0 Å². The van der Waals surface area contributed by atoms with Crippen molar-refractivity contribution in [3.63, 3.8) is 0 Å². The second kappa shape index (κ2) is 13.2. The summed E-state index contributed by atoms with van der Waals surface area (Å²) in [5, 5.41) is 15.1. The van der Waals surface area contributed by atoms with Crippen LogP contribution in [0.4, 0.5) is 17.1 Å². The first-order valence-corrected chi connectivity index (χ1v) is 20.7. The predicted molar refractivity (Wildman–Crippen MR) is 252 cm³/mol. The zero-order valence-electron chi connectivity index (χ0n) is 31.6. The molecule has 0 unspecified atom stereocenters. The lowest BCUT2D eigenvalue weighted by molar-refractivity contribution is 1.30. The molecular weight excluding hydrogens is 719 g/mol. The third-order valence-corrected chi connectivity index (χ3v) is 13.1. The van der Waals surface area contributed by atoms with Crippen molar-refractivity contribution >= 4 is 102 Å². The average Bonchev–Trinajstić information content (AvgIpc) is 3.65. The van der Waals surface area contributed by atoms with Crippen molar-refractivity contribution in [2.24, 2.45) is 0 Å². The van der Waals surface area contributed by atoms with Crippen molar-refractivity contribution in [1.29, 1.82) is 0 Å². The fraction of sp³-hybridized carbons (Fsp3) is 0. The molecule has 2 heteroatoms. The fourth-order valence-electron chi connectivity index (χ4n) is 9.21. The molecule has 0 N–H and O–H groups in total. The normalized spacial score (nSPS) is 11.8. The molecule has 0 saturated carbocycles. The minimum absolute atomic E-state index is 1.11. The molecule has 0 aliphatic heterocycles. The molecule has 0 amide bonds. The molecule has 1 heterocycles. The van der Waals surface area contributed by atoms with Crippen molar-refractivity contribution < 1.29 is 0 Å². The summed E-state index contributed by atoms with van der Waals surface area (Å²) in [7, 11) is 0. The highest BCUT2D eigenvalue weighted by Crippen LogP contribution is 2.46. The van der Waals surface area contributed by atoms with E-state index in [4.69, 9.17) is 0 Å². The van der Waals surface area contributed by atoms with Crippen LogP contribution in [0.3, 0.4) is 0 Å². The van der Waals surface area contributed by atoms with E-state index < -0.39 is 0 Å². The first-order valence-electron chi connectivity index (χ1n) is 19.9. The van der Waals surface area contributed by atoms with E-state index in [2.05, 4.69) is 217 Å². The van der Waals surface area contributed by atoms with Gasteiger partial charge in [0.15, 0.2) is 0 Å². The number of hydrogen-bond acceptors (Lipinski definition) is 2. The molecule has 58 heavy (non-hydrogen) atoms. The molecule has 12 rings (SSSR count). The molecule has 1 aromatic heterocycles. The molecule has 11 aromatic carbocycles. The second-order valence-electron chi connectivity index (χ2n) is 15.3. The van der Waals surface area contributed by atoms with Crippen molar-refractivity contribution in [3.8, 4) is 22.3 Å². The van der Waals surface area contributed by atoms with Gasteiger partial charge in [-0.15, -0.1) is 11.3 Å². The van der Waals surface area contributed by atoms with E-state index in [0.29, 0.717) is 0 Å². The molecule has 0 saturated heterocycles. The molecule has 0 fully saturated rings. The standard InChI is InChI=1S/C56H35NS/c1-4-16-45-36(12-1)15-11-22-46(45)37-24-27-43(28-25-37)57(44-29-26-38-32-53-51-21-9-10-23-55(51)58-56(53)35-41(38)31-44)54-34-42(30-39-13-3-6-18-48(39)54)52-33-40-14-2-5-17-47(40)49-19-7-8-20-50(49)52/h1-35H. The Kier molecular flexibility index (Phi) is 7.47. The van der Waals surface area contributed by atoms with Gasteiger partial charge in [-0.3, -0.25) is 0 Å². The second-order valence-corrected chi connectivity index (χ2v) is 16.4. The Hall–Kier alpha value is -7.26. The predicted octanol–water partition coefficient (Wildman–Crippen LogP) is 16.6. The molecule has 0 bridgehead atoms. The van der Waals surface area contributed by atoms with Gasteiger partial charge in [0.25, 0.3) is 0 Å². The number of thiophene rings is 1. The lowest BCUT2D eigenvalue weighted by Crippen LogP contribution is -2.11. The topological polar surface area (TPSA) is 3.24 Å². The average molecular weight is 754 g/mol. The van der Waals surface area contributed by atoms with Gasteiger partial charge in [0.05, 0.1) is 5.69 Å². The monoisotopic (exact) mass is 753 g/mol. The van der Waals surface area contributed by atoms with E-state index >= 15 is 0 Å². The summed E-state index contributed by atoms with van der Waals surface area (Å²) in [6, 6.07) is 78.5. The highest BCUT2D eigenvalue weighted by Gasteiger charge is 2.20. The quantitative estimate of drug-likeness (QED) is 0.158. The number of nitrogens with zero attached hydrogens (tertiary/aromatic N) is 1. The van der Waals surface area contributed by atoms with E-state index in [1.807, 2.05) is 11.3 Å². The minimum Gasteiger partial charge on any atom is -0.310 e. The Morgan fingerprint density at radius 3 is 1.74 bits per heavy atom. The van der Waals surface area contributed by atoms with Crippen LogP contribution in [0.15, 0.2) is 212 Å². The van der Waals surface area contributed by atoms with E-state index in [1.165, 1.54) is 96.3 Å². The highest BCUT2D eigenvalue weighted by molar-refractivity contribution is 7.25. The Bertz CT molecular complexity index is 3570. The number of hydrogen-bond donors (Lipinski definition) is 0. The van der Waals surface area contributed by atoms with E-state index in [0.717, 1.165) is 17.1 Å². The Balaban J connectivity index is 1.10. The Morgan fingerprint density at radius 2 is 0.914 bits per heavy atom. The summed E-state index contributed by atoms with van der Waals surface area (Å²) < 4.78 is 2.64. The third kappa shape index (κ3) is 5.30. The Morgan fingerprint density at radius 1 is 0.276 bits per heavy atom. The van der Waals surface area contributed by atoms with Crippen LogP contribution in [-0.2, 0) is 0 Å². The van der Waals surface area contributed by atoms with Gasteiger partial charge in [-0.05, 0) is 131 Å². The van der Waals surface area contributed by atoms with Crippen LogP contribution < -0.4 is 4.90 Å². The fourth-order valence-corrected chi connectivity index (χ4v) is 10.3. The Labute approximate surface area is 340 Å². The van der Waals surface area contributed by atoms with Gasteiger partial charge in [0, 0.05) is 36.9 Å². The van der Waals surface area contributed by atoms with Crippen LogP contribution >= 0.6 is 11.3 Å². The summed E-state index contributed by atoms with van der Waals surface area (Å²) >= 11 is 1.87. The van der Waals surface area contributed by atoms with Gasteiger partial charge in [-0.25, -0.2) is 0 Å². The molecule has 12 aromatic rings. The maximum absolute atomic E-state index is 2.47. The summed E-state index contributed by atoms with van der Waals surface area (Å²) in [5.41, 5.74) is 8.25. The lowest BCUT2D eigenvalue weighted by atomic mass is 9.91. The number of rotatable bonds is 5. The maximum Gasteiger partial charge on any atom is 0.0546 e. The molecule has 0 spiro atoms. The molecule has 0 atom stereocenters. The molecule has 1 nitrogen and oxygen atoms in total. The van der Waals surface area contributed by atoms with Crippen molar-refractivity contribution in [1.82, 2.24) is 0 Å². The highest BCUT2D eigenvalue weighted by atomic mass is 32.1. The summed E-state index contributed by atoms with van der Waals surface area (Å²) in [6.45, 7) is 0. The zero-order chi connectivity index (χ0) is 38.2. The third-order valence-electron chi connectivity index (χ3n) is 12.0. The van der Waals surface area contributed by atoms with Crippen molar-refractivity contribution in [2.45, 2.75) is 0 Å². The van der Waals surface area contributed by atoms with Crippen LogP contribution in [0.25, 0.3) is 96.3 Å². The summed E-state index contributed by atoms with van der Waals surface area (Å²) in [5.74, 6) is 0. The van der Waals surface area contributed by atoms with E-state index in [1.54, 1.807) is 0 Å². The van der Waals surface area contributed by atoms with Gasteiger partial charge < -0.3 is 4.90 Å². The lowest BCUT2D eigenvalue weighted by Gasteiger charge is -2.28. The maximum atomic E-state index is 2.47. The van der Waals surface area contributed by atoms with Crippen molar-refractivity contribution in [2.75, 3.05) is 4.90 Å². The van der Waals surface area contributed by atoms with Gasteiger partial charge in [-0.1, -0.05) is 152 Å². The summed E-state index contributed by atoms with van der Waals surface area (Å²) in [4.78, 5) is 2.47. The van der Waals surface area contributed by atoms with Gasteiger partial charge in [0.2, 0.25) is 0 Å². The van der Waals surface area contributed by atoms with E-state index in [-0.39, 0.29) is 0 Å². The minimum atomic E-state index is 1.11. The molecular formula is C56H35NS. The molecule has 0 aliphatic rings. The molecule has 0 radical (unpaired) electrons. The first kappa shape index (κ1) is 32.9. The largest absolute Gasteiger partial charge is 0.310 e. The van der Waals surface area contributed by atoms with Gasteiger partial charge in [0.1, 0.15) is 0 Å². The van der Waals surface area contributed by atoms with Crippen LogP contribution in [0.1, 0.15) is 0 Å². The molecule has 0 aliphatic carbocycles. The number of anilines is 3. The number of fused-ring (bicyclic) bond motifs is 9.